The molecule has 0 saturated carbocycles. The van der Waals surface area contributed by atoms with Gasteiger partial charge < -0.3 is 11.1 Å². The van der Waals surface area contributed by atoms with Crippen LogP contribution in [0.2, 0.25) is 0 Å². The van der Waals surface area contributed by atoms with E-state index in [0.29, 0.717) is 0 Å². The molecule has 0 aromatic heterocycles. The van der Waals surface area contributed by atoms with Gasteiger partial charge in [-0.1, -0.05) is 12.1 Å². The van der Waals surface area contributed by atoms with Crippen LogP contribution in [0.1, 0.15) is 19.4 Å². The molecule has 0 unspecified atom stereocenters. The molecule has 90 valence electrons. The normalized spacial score (nSPS) is 10.8. The van der Waals surface area contributed by atoms with Crippen molar-refractivity contribution in [1.29, 1.82) is 0 Å². The molecule has 0 aliphatic rings. The first-order valence-corrected chi connectivity index (χ1v) is 5.37. The van der Waals surface area contributed by atoms with Gasteiger partial charge in [0.1, 0.15) is 0 Å². The van der Waals surface area contributed by atoms with Crippen molar-refractivity contribution < 1.29 is 4.79 Å². The van der Waals surface area contributed by atoms with E-state index in [9.17, 15) is 4.79 Å². The lowest BCUT2D eigenvalue weighted by atomic mass is 10.1. The molecule has 0 atom stereocenters. The Hall–Kier alpha value is -1.95. The van der Waals surface area contributed by atoms with E-state index in [0.717, 1.165) is 17.0 Å². The number of hydrazone groups is 1. The van der Waals surface area contributed by atoms with Gasteiger partial charge in [-0.15, -0.1) is 0 Å². The summed E-state index contributed by atoms with van der Waals surface area (Å²) in [6.45, 7) is 3.28. The first-order valence-electron chi connectivity index (χ1n) is 4.97. The summed E-state index contributed by atoms with van der Waals surface area (Å²) >= 11 is 4.65. The zero-order valence-electron chi connectivity index (χ0n) is 9.65. The molecule has 5 nitrogen and oxygen atoms in total. The van der Waals surface area contributed by atoms with E-state index in [1.807, 2.05) is 25.1 Å². The number of amides is 1. The van der Waals surface area contributed by atoms with E-state index < -0.39 is 0 Å². The van der Waals surface area contributed by atoms with Gasteiger partial charge in [-0.2, -0.15) is 5.10 Å². The van der Waals surface area contributed by atoms with Gasteiger partial charge in [0.05, 0.1) is 5.71 Å². The molecule has 4 N–H and O–H groups in total. The Kier molecular flexibility index (Phi) is 4.59. The van der Waals surface area contributed by atoms with Gasteiger partial charge in [-0.05, 0) is 36.8 Å². The second-order valence-corrected chi connectivity index (χ2v) is 3.88. The average molecular weight is 250 g/mol. The first kappa shape index (κ1) is 13.1. The summed E-state index contributed by atoms with van der Waals surface area (Å²) < 4.78 is 0. The summed E-state index contributed by atoms with van der Waals surface area (Å²) in [4.78, 5) is 10.9. The molecule has 1 aromatic rings. The quantitative estimate of drug-likeness (QED) is 0.428. The molecular weight excluding hydrogens is 236 g/mol. The van der Waals surface area contributed by atoms with Crippen molar-refractivity contribution in [1.82, 2.24) is 5.43 Å². The number of carbonyl (C=O) groups excluding carboxylic acids is 1. The lowest BCUT2D eigenvalue weighted by molar-refractivity contribution is -0.114. The van der Waals surface area contributed by atoms with Gasteiger partial charge in [0.15, 0.2) is 5.11 Å². The minimum Gasteiger partial charge on any atom is -0.375 e. The van der Waals surface area contributed by atoms with Crippen LogP contribution in [-0.4, -0.2) is 16.7 Å². The van der Waals surface area contributed by atoms with Crippen LogP contribution in [0.15, 0.2) is 29.4 Å². The average Bonchev–Trinajstić information content (AvgIpc) is 2.25. The number of nitrogens with two attached hydrogens (primary N) is 1. The van der Waals surface area contributed by atoms with Crippen LogP contribution in [-0.2, 0) is 4.79 Å². The number of thiocarbonyl (C=S) groups is 1. The van der Waals surface area contributed by atoms with Crippen LogP contribution in [0.3, 0.4) is 0 Å². The number of carbonyl (C=O) groups is 1. The first-order chi connectivity index (χ1) is 7.99. The fourth-order valence-corrected chi connectivity index (χ4v) is 1.27. The molecule has 0 radical (unpaired) electrons. The van der Waals surface area contributed by atoms with Crippen molar-refractivity contribution >= 4 is 34.6 Å². The minimum absolute atomic E-state index is 0.113. The number of nitrogens with zero attached hydrogens (tertiary/aromatic N) is 1. The summed E-state index contributed by atoms with van der Waals surface area (Å²) in [6, 6.07) is 7.34. The summed E-state index contributed by atoms with van der Waals surface area (Å²) in [5.74, 6) is -0.113. The van der Waals surface area contributed by atoms with Crippen molar-refractivity contribution in [2.24, 2.45) is 10.8 Å². The Morgan fingerprint density at radius 3 is 2.71 bits per heavy atom. The van der Waals surface area contributed by atoms with Crippen LogP contribution < -0.4 is 16.5 Å². The number of nitrogens with one attached hydrogen (secondary N) is 2. The monoisotopic (exact) mass is 250 g/mol. The maximum Gasteiger partial charge on any atom is 0.221 e. The summed E-state index contributed by atoms with van der Waals surface area (Å²) in [6.07, 6.45) is 0. The van der Waals surface area contributed by atoms with Gasteiger partial charge >= 0.3 is 0 Å². The molecule has 0 spiro atoms. The van der Waals surface area contributed by atoms with E-state index in [1.165, 1.54) is 6.92 Å². The molecule has 17 heavy (non-hydrogen) atoms. The minimum atomic E-state index is -0.113. The highest BCUT2D eigenvalue weighted by Crippen LogP contribution is 2.11. The zero-order chi connectivity index (χ0) is 12.8. The molecule has 0 heterocycles. The second kappa shape index (κ2) is 5.95. The SMILES string of the molecule is CC(=O)Nc1cccc(/C(C)=N\NC(N)=S)c1. The lowest BCUT2D eigenvalue weighted by Gasteiger charge is -2.05. The van der Waals surface area contributed by atoms with Gasteiger partial charge in [0.2, 0.25) is 5.91 Å². The van der Waals surface area contributed by atoms with Gasteiger partial charge in [-0.25, -0.2) is 0 Å². The molecule has 1 aromatic carbocycles. The molecule has 1 amide bonds. The molecule has 0 saturated heterocycles. The van der Waals surface area contributed by atoms with E-state index in [2.05, 4.69) is 28.1 Å². The maximum atomic E-state index is 10.9. The Bertz CT molecular complexity index is 470. The smallest absolute Gasteiger partial charge is 0.221 e. The van der Waals surface area contributed by atoms with Crippen LogP contribution in [0.4, 0.5) is 5.69 Å². The Labute approximate surface area is 105 Å². The fourth-order valence-electron chi connectivity index (χ4n) is 1.23. The summed E-state index contributed by atoms with van der Waals surface area (Å²) in [5.41, 5.74) is 10.1. The molecule has 0 fully saturated rings. The third kappa shape index (κ3) is 4.60. The van der Waals surface area contributed by atoms with Gasteiger partial charge in [-0.3, -0.25) is 10.2 Å². The lowest BCUT2D eigenvalue weighted by Crippen LogP contribution is -2.25. The molecule has 1 rings (SSSR count). The second-order valence-electron chi connectivity index (χ2n) is 3.44. The van der Waals surface area contributed by atoms with Crippen molar-refractivity contribution in [3.8, 4) is 0 Å². The highest BCUT2D eigenvalue weighted by atomic mass is 32.1. The predicted molar refractivity (Wildman–Crippen MR) is 72.9 cm³/mol. The van der Waals surface area contributed by atoms with E-state index in [-0.39, 0.29) is 11.0 Å². The van der Waals surface area contributed by atoms with E-state index >= 15 is 0 Å². The van der Waals surface area contributed by atoms with E-state index in [4.69, 9.17) is 5.73 Å². The number of benzene rings is 1. The summed E-state index contributed by atoms with van der Waals surface area (Å²) in [5, 5.41) is 6.82. The van der Waals surface area contributed by atoms with Crippen molar-refractivity contribution in [3.05, 3.63) is 29.8 Å². The molecule has 0 aliphatic carbocycles. The Morgan fingerprint density at radius 2 is 2.12 bits per heavy atom. The highest BCUT2D eigenvalue weighted by Gasteiger charge is 2.00. The topological polar surface area (TPSA) is 79.5 Å². The third-order valence-electron chi connectivity index (χ3n) is 1.93. The molecule has 0 aliphatic heterocycles. The number of rotatable bonds is 3. The largest absolute Gasteiger partial charge is 0.375 e. The Balaban J connectivity index is 2.87. The van der Waals surface area contributed by atoms with Gasteiger partial charge in [0, 0.05) is 12.6 Å². The Morgan fingerprint density at radius 1 is 1.41 bits per heavy atom. The van der Waals surface area contributed by atoms with Gasteiger partial charge in [0.25, 0.3) is 0 Å². The third-order valence-corrected chi connectivity index (χ3v) is 2.03. The van der Waals surface area contributed by atoms with Crippen LogP contribution in [0.5, 0.6) is 0 Å². The van der Waals surface area contributed by atoms with Crippen molar-refractivity contribution in [2.45, 2.75) is 13.8 Å². The number of hydrogen-bond acceptors (Lipinski definition) is 3. The standard InChI is InChI=1S/C11H14N4OS/c1-7(14-15-11(12)17)9-4-3-5-10(6-9)13-8(2)16/h3-6H,1-2H3,(H,13,16)(H3,12,15,17)/b14-7-. The number of hydrogen-bond donors (Lipinski definition) is 3. The molecular formula is C11H14N4OS. The van der Waals surface area contributed by atoms with Crippen molar-refractivity contribution in [3.63, 3.8) is 0 Å². The summed E-state index contributed by atoms with van der Waals surface area (Å²) in [7, 11) is 0. The number of anilines is 1. The van der Waals surface area contributed by atoms with Crippen LogP contribution in [0.25, 0.3) is 0 Å². The zero-order valence-corrected chi connectivity index (χ0v) is 10.5. The van der Waals surface area contributed by atoms with Crippen molar-refractivity contribution in [2.75, 3.05) is 5.32 Å². The predicted octanol–water partition coefficient (Wildman–Crippen LogP) is 1.20. The van der Waals surface area contributed by atoms with E-state index in [1.54, 1.807) is 6.07 Å². The fraction of sp³-hybridized carbons (Fsp3) is 0.182. The molecule has 0 bridgehead atoms. The maximum absolute atomic E-state index is 10.9. The molecule has 6 heteroatoms. The van der Waals surface area contributed by atoms with Crippen LogP contribution in [0, 0.1) is 0 Å². The van der Waals surface area contributed by atoms with Crippen LogP contribution >= 0.6 is 12.2 Å². The highest BCUT2D eigenvalue weighted by molar-refractivity contribution is 7.80.